The molecule has 0 spiro atoms. The summed E-state index contributed by atoms with van der Waals surface area (Å²) in [6.07, 6.45) is 5.12. The van der Waals surface area contributed by atoms with Crippen molar-refractivity contribution in [3.05, 3.63) is 29.8 Å². The van der Waals surface area contributed by atoms with Crippen LogP contribution in [0, 0.1) is 0 Å². The Morgan fingerprint density at radius 3 is 2.41 bits per heavy atom. The Labute approximate surface area is 102 Å². The summed E-state index contributed by atoms with van der Waals surface area (Å²) < 4.78 is 0. The fourth-order valence-corrected chi connectivity index (χ4v) is 2.44. The maximum atomic E-state index is 10.9. The quantitative estimate of drug-likeness (QED) is 0.872. The van der Waals surface area contributed by atoms with E-state index in [9.17, 15) is 4.79 Å². The first-order valence-corrected chi connectivity index (χ1v) is 6.32. The molecule has 0 unspecified atom stereocenters. The number of benzene rings is 1. The molecule has 1 aromatic rings. The number of carboxylic acid groups (broad SMARTS) is 1. The molecule has 1 heterocycles. The second kappa shape index (κ2) is 5.71. The van der Waals surface area contributed by atoms with Crippen molar-refractivity contribution in [2.75, 3.05) is 18.0 Å². The van der Waals surface area contributed by atoms with Crippen LogP contribution in [0.1, 0.15) is 31.2 Å². The van der Waals surface area contributed by atoms with Gasteiger partial charge < -0.3 is 10.0 Å². The Balaban J connectivity index is 2.20. The summed E-state index contributed by atoms with van der Waals surface area (Å²) in [7, 11) is 0. The third-order valence-corrected chi connectivity index (χ3v) is 3.28. The molecule has 2 rings (SSSR count). The number of aliphatic carboxylic acids is 1. The highest BCUT2D eigenvalue weighted by molar-refractivity contribution is 5.73. The van der Waals surface area contributed by atoms with E-state index in [2.05, 4.69) is 4.90 Å². The summed E-state index contributed by atoms with van der Waals surface area (Å²) in [4.78, 5) is 13.2. The molecule has 1 fully saturated rings. The SMILES string of the molecule is O=C(O)Cc1ccccc1N1CCCCCC1. The van der Waals surface area contributed by atoms with Gasteiger partial charge in [0.1, 0.15) is 0 Å². The smallest absolute Gasteiger partial charge is 0.307 e. The van der Waals surface area contributed by atoms with Gasteiger partial charge in [0.15, 0.2) is 0 Å². The Hall–Kier alpha value is -1.51. The number of hydrogen-bond donors (Lipinski definition) is 1. The lowest BCUT2D eigenvalue weighted by Crippen LogP contribution is -2.25. The van der Waals surface area contributed by atoms with Crippen molar-refractivity contribution in [1.82, 2.24) is 0 Å². The van der Waals surface area contributed by atoms with Crippen LogP contribution in [0.4, 0.5) is 5.69 Å². The second-order valence-corrected chi connectivity index (χ2v) is 4.60. The summed E-state index contributed by atoms with van der Waals surface area (Å²) in [5.41, 5.74) is 2.04. The molecule has 0 bridgehead atoms. The number of para-hydroxylation sites is 1. The van der Waals surface area contributed by atoms with Crippen molar-refractivity contribution in [3.8, 4) is 0 Å². The van der Waals surface area contributed by atoms with E-state index < -0.39 is 5.97 Å². The molecule has 0 aliphatic carbocycles. The first-order valence-electron chi connectivity index (χ1n) is 6.32. The highest BCUT2D eigenvalue weighted by Crippen LogP contribution is 2.24. The van der Waals surface area contributed by atoms with Gasteiger partial charge in [-0.15, -0.1) is 0 Å². The van der Waals surface area contributed by atoms with Crippen LogP contribution in [0.15, 0.2) is 24.3 Å². The number of carbonyl (C=O) groups is 1. The summed E-state index contributed by atoms with van der Waals surface area (Å²) >= 11 is 0. The van der Waals surface area contributed by atoms with Crippen LogP contribution in [0.3, 0.4) is 0 Å². The predicted molar refractivity (Wildman–Crippen MR) is 68.5 cm³/mol. The topological polar surface area (TPSA) is 40.5 Å². The van der Waals surface area contributed by atoms with Gasteiger partial charge in [-0.3, -0.25) is 4.79 Å². The third kappa shape index (κ3) is 3.22. The largest absolute Gasteiger partial charge is 0.481 e. The van der Waals surface area contributed by atoms with Gasteiger partial charge in [-0.1, -0.05) is 31.0 Å². The molecular weight excluding hydrogens is 214 g/mol. The van der Waals surface area contributed by atoms with Crippen LogP contribution < -0.4 is 4.90 Å². The molecule has 3 nitrogen and oxygen atoms in total. The monoisotopic (exact) mass is 233 g/mol. The maximum absolute atomic E-state index is 10.9. The molecule has 0 saturated carbocycles. The minimum atomic E-state index is -0.757. The number of hydrogen-bond acceptors (Lipinski definition) is 2. The number of nitrogens with zero attached hydrogens (tertiary/aromatic N) is 1. The summed E-state index contributed by atoms with van der Waals surface area (Å²) in [5.74, 6) is -0.757. The number of rotatable bonds is 3. The Kier molecular flexibility index (Phi) is 4.02. The average Bonchev–Trinajstić information content (AvgIpc) is 2.57. The van der Waals surface area contributed by atoms with Gasteiger partial charge in [-0.2, -0.15) is 0 Å². The zero-order valence-corrected chi connectivity index (χ0v) is 10.1. The molecule has 0 aromatic heterocycles. The third-order valence-electron chi connectivity index (χ3n) is 3.28. The zero-order chi connectivity index (χ0) is 12.1. The van der Waals surface area contributed by atoms with Gasteiger partial charge in [0.25, 0.3) is 0 Å². The predicted octanol–water partition coefficient (Wildman–Crippen LogP) is 2.69. The molecule has 92 valence electrons. The van der Waals surface area contributed by atoms with Crippen LogP contribution in [-0.4, -0.2) is 24.2 Å². The van der Waals surface area contributed by atoms with E-state index in [1.54, 1.807) is 0 Å². The highest BCUT2D eigenvalue weighted by atomic mass is 16.4. The van der Waals surface area contributed by atoms with Crippen LogP contribution in [0.25, 0.3) is 0 Å². The molecule has 0 amide bonds. The van der Waals surface area contributed by atoms with Gasteiger partial charge in [0.05, 0.1) is 6.42 Å². The Morgan fingerprint density at radius 2 is 1.76 bits per heavy atom. The fourth-order valence-electron chi connectivity index (χ4n) is 2.44. The van der Waals surface area contributed by atoms with E-state index in [1.165, 1.54) is 25.7 Å². The van der Waals surface area contributed by atoms with Crippen molar-refractivity contribution in [1.29, 1.82) is 0 Å². The fraction of sp³-hybridized carbons (Fsp3) is 0.500. The van der Waals surface area contributed by atoms with Crippen molar-refractivity contribution in [2.45, 2.75) is 32.1 Å². The van der Waals surface area contributed by atoms with Crippen molar-refractivity contribution in [2.24, 2.45) is 0 Å². The Bertz CT molecular complexity index is 382. The molecule has 1 aromatic carbocycles. The van der Waals surface area contributed by atoms with Crippen molar-refractivity contribution < 1.29 is 9.90 Å². The molecular formula is C14H19NO2. The minimum absolute atomic E-state index is 0.118. The van der Waals surface area contributed by atoms with E-state index in [0.717, 1.165) is 24.3 Å². The lowest BCUT2D eigenvalue weighted by atomic mass is 10.1. The molecule has 0 radical (unpaired) electrons. The van der Waals surface area contributed by atoms with Gasteiger partial charge in [-0.05, 0) is 24.5 Å². The normalized spacial score (nSPS) is 16.6. The molecule has 1 N–H and O–H groups in total. The van der Waals surface area contributed by atoms with Crippen LogP contribution in [0.2, 0.25) is 0 Å². The first-order chi connectivity index (χ1) is 8.27. The second-order valence-electron chi connectivity index (χ2n) is 4.60. The van der Waals surface area contributed by atoms with E-state index in [0.29, 0.717) is 0 Å². The van der Waals surface area contributed by atoms with Crippen LogP contribution >= 0.6 is 0 Å². The van der Waals surface area contributed by atoms with Gasteiger partial charge in [0.2, 0.25) is 0 Å². The highest BCUT2D eigenvalue weighted by Gasteiger charge is 2.14. The number of carboxylic acids is 1. The van der Waals surface area contributed by atoms with Gasteiger partial charge >= 0.3 is 5.97 Å². The average molecular weight is 233 g/mol. The molecule has 1 aliphatic rings. The van der Waals surface area contributed by atoms with Crippen LogP contribution in [-0.2, 0) is 11.2 Å². The summed E-state index contributed by atoms with van der Waals surface area (Å²) in [6, 6.07) is 7.88. The maximum Gasteiger partial charge on any atom is 0.307 e. The molecule has 0 atom stereocenters. The molecule has 1 saturated heterocycles. The van der Waals surface area contributed by atoms with E-state index in [4.69, 9.17) is 5.11 Å². The molecule has 17 heavy (non-hydrogen) atoms. The Morgan fingerprint density at radius 1 is 1.12 bits per heavy atom. The van der Waals surface area contributed by atoms with E-state index >= 15 is 0 Å². The lowest BCUT2D eigenvalue weighted by Gasteiger charge is -2.25. The van der Waals surface area contributed by atoms with Crippen LogP contribution in [0.5, 0.6) is 0 Å². The standard InChI is InChI=1S/C14H19NO2/c16-14(17)11-12-7-3-4-8-13(12)15-9-5-1-2-6-10-15/h3-4,7-8H,1-2,5-6,9-11H2,(H,16,17). The molecule has 3 heteroatoms. The number of anilines is 1. The summed E-state index contributed by atoms with van der Waals surface area (Å²) in [6.45, 7) is 2.10. The lowest BCUT2D eigenvalue weighted by molar-refractivity contribution is -0.136. The van der Waals surface area contributed by atoms with Gasteiger partial charge in [-0.25, -0.2) is 0 Å². The van der Waals surface area contributed by atoms with E-state index in [1.807, 2.05) is 24.3 Å². The molecule has 1 aliphatic heterocycles. The van der Waals surface area contributed by atoms with Crippen molar-refractivity contribution in [3.63, 3.8) is 0 Å². The minimum Gasteiger partial charge on any atom is -0.481 e. The summed E-state index contributed by atoms with van der Waals surface area (Å²) in [5, 5.41) is 8.93. The van der Waals surface area contributed by atoms with E-state index in [-0.39, 0.29) is 6.42 Å². The zero-order valence-electron chi connectivity index (χ0n) is 10.1. The van der Waals surface area contributed by atoms with Gasteiger partial charge in [0, 0.05) is 18.8 Å². The van der Waals surface area contributed by atoms with Crippen molar-refractivity contribution >= 4 is 11.7 Å². The first kappa shape index (κ1) is 12.0.